The topological polar surface area (TPSA) is 30.5 Å². The van der Waals surface area contributed by atoms with Gasteiger partial charge < -0.3 is 14.8 Å². The van der Waals surface area contributed by atoms with Gasteiger partial charge in [-0.1, -0.05) is 45.2 Å². The van der Waals surface area contributed by atoms with Gasteiger partial charge in [0.05, 0.1) is 0 Å². The van der Waals surface area contributed by atoms with Crippen molar-refractivity contribution in [2.24, 2.45) is 0 Å². The fourth-order valence-electron chi connectivity index (χ4n) is 2.19. The van der Waals surface area contributed by atoms with Crippen molar-refractivity contribution >= 4 is 51.5 Å². The molecular weight excluding hydrogens is 448 g/mol. The van der Waals surface area contributed by atoms with Gasteiger partial charge in [0.15, 0.2) is 0 Å². The molecule has 0 atom stereocenters. The molecule has 0 amide bonds. The van der Waals surface area contributed by atoms with Crippen LogP contribution in [0.5, 0.6) is 5.75 Å². The average Bonchev–Trinajstić information content (AvgIpc) is 2.55. The Hall–Kier alpha value is -0.490. The number of hydrogen-bond acceptors (Lipinski definition) is 3. The Bertz CT molecular complexity index is 671. The molecule has 0 bridgehead atoms. The molecule has 0 radical (unpaired) electrons. The molecule has 0 aliphatic rings. The lowest BCUT2D eigenvalue weighted by Crippen LogP contribution is -2.16. The van der Waals surface area contributed by atoms with Crippen LogP contribution in [0, 0.1) is 0 Å². The van der Waals surface area contributed by atoms with Crippen LogP contribution in [0.1, 0.15) is 17.5 Å². The summed E-state index contributed by atoms with van der Waals surface area (Å²) >= 11 is 15.6. The van der Waals surface area contributed by atoms with Gasteiger partial charge in [-0.05, 0) is 43.3 Å². The number of hydrogen-bond donors (Lipinski definition) is 1. The van der Waals surface area contributed by atoms with Crippen LogP contribution in [-0.2, 0) is 17.9 Å². The van der Waals surface area contributed by atoms with Crippen LogP contribution in [0.25, 0.3) is 0 Å². The first-order valence-corrected chi connectivity index (χ1v) is 9.20. The summed E-state index contributed by atoms with van der Waals surface area (Å²) in [5, 5.41) is 4.63. The molecule has 7 heteroatoms. The Kier molecular flexibility index (Phi) is 10.8. The maximum Gasteiger partial charge on any atom is 0.124 e. The van der Waals surface area contributed by atoms with Crippen molar-refractivity contribution in [1.29, 1.82) is 0 Å². The summed E-state index contributed by atoms with van der Waals surface area (Å²) in [5.74, 6) is 0.837. The number of methoxy groups -OCH3 is 1. The molecule has 0 aromatic heterocycles. The first-order valence-electron chi connectivity index (χ1n) is 7.65. The lowest BCUT2D eigenvalue weighted by atomic mass is 10.2. The minimum atomic E-state index is 0. The third kappa shape index (κ3) is 7.73. The van der Waals surface area contributed by atoms with Crippen molar-refractivity contribution < 1.29 is 9.47 Å². The molecule has 0 aliphatic carbocycles. The summed E-state index contributed by atoms with van der Waals surface area (Å²) in [6.07, 6.45) is 0.973. The molecule has 138 valence electrons. The van der Waals surface area contributed by atoms with Crippen LogP contribution >= 0.6 is 51.5 Å². The third-order valence-corrected chi connectivity index (χ3v) is 4.52. The number of ether oxygens (including phenoxy) is 2. The van der Waals surface area contributed by atoms with Crippen LogP contribution in [-0.4, -0.2) is 20.3 Å². The summed E-state index contributed by atoms with van der Waals surface area (Å²) in [6, 6.07) is 11.4. The van der Waals surface area contributed by atoms with Gasteiger partial charge in [0.25, 0.3) is 0 Å². The zero-order valence-corrected chi connectivity index (χ0v) is 17.8. The Labute approximate surface area is 173 Å². The highest BCUT2D eigenvalue weighted by molar-refractivity contribution is 9.10. The Morgan fingerprint density at radius 3 is 2.60 bits per heavy atom. The molecule has 3 nitrogen and oxygen atoms in total. The largest absolute Gasteiger partial charge is 0.489 e. The van der Waals surface area contributed by atoms with Crippen LogP contribution in [0.4, 0.5) is 0 Å². The highest BCUT2D eigenvalue weighted by atomic mass is 79.9. The van der Waals surface area contributed by atoms with E-state index in [9.17, 15) is 0 Å². The fraction of sp³-hybridized carbons (Fsp3) is 0.333. The van der Waals surface area contributed by atoms with E-state index in [1.165, 1.54) is 0 Å². The molecule has 0 unspecified atom stereocenters. The molecule has 1 N–H and O–H groups in total. The smallest absolute Gasteiger partial charge is 0.124 e. The molecule has 0 saturated heterocycles. The van der Waals surface area contributed by atoms with Gasteiger partial charge in [-0.25, -0.2) is 0 Å². The van der Waals surface area contributed by atoms with Gasteiger partial charge >= 0.3 is 0 Å². The minimum Gasteiger partial charge on any atom is -0.489 e. The summed E-state index contributed by atoms with van der Waals surface area (Å²) in [6.45, 7) is 2.77. The molecule has 2 aromatic carbocycles. The molecular formula is C18H21BrCl3NO2. The van der Waals surface area contributed by atoms with E-state index < -0.39 is 0 Å². The normalized spacial score (nSPS) is 10.4. The monoisotopic (exact) mass is 467 g/mol. The summed E-state index contributed by atoms with van der Waals surface area (Å²) in [4.78, 5) is 0. The Morgan fingerprint density at radius 2 is 1.88 bits per heavy atom. The van der Waals surface area contributed by atoms with Crippen molar-refractivity contribution in [3.63, 3.8) is 0 Å². The standard InChI is InChI=1S/C18H20BrCl2NO2.ClH/c1-23-8-2-7-22-11-14-9-15(19)4-6-18(14)24-12-13-3-5-16(20)10-17(13)21;/h3-6,9-10,22H,2,7-8,11-12H2,1H3;1H. The van der Waals surface area contributed by atoms with Gasteiger partial charge in [0, 0.05) is 45.9 Å². The minimum absolute atomic E-state index is 0. The van der Waals surface area contributed by atoms with E-state index in [1.54, 1.807) is 13.2 Å². The predicted octanol–water partition coefficient (Wildman–Crippen LogP) is 5.88. The zero-order chi connectivity index (χ0) is 17.4. The lowest BCUT2D eigenvalue weighted by Gasteiger charge is -2.14. The highest BCUT2D eigenvalue weighted by Gasteiger charge is 2.07. The number of rotatable bonds is 9. The summed E-state index contributed by atoms with van der Waals surface area (Å²) in [7, 11) is 1.71. The van der Waals surface area contributed by atoms with Gasteiger partial charge in [0.1, 0.15) is 12.4 Å². The van der Waals surface area contributed by atoms with Crippen LogP contribution in [0.3, 0.4) is 0 Å². The summed E-state index contributed by atoms with van der Waals surface area (Å²) in [5.41, 5.74) is 2.00. The van der Waals surface area contributed by atoms with E-state index in [2.05, 4.69) is 27.3 Å². The zero-order valence-electron chi connectivity index (χ0n) is 13.9. The SMILES string of the molecule is COCCCNCc1cc(Br)ccc1OCc1ccc(Cl)cc1Cl.Cl. The number of nitrogens with one attached hydrogen (secondary N) is 1. The maximum atomic E-state index is 6.20. The van der Waals surface area contributed by atoms with E-state index >= 15 is 0 Å². The Morgan fingerprint density at radius 1 is 1.08 bits per heavy atom. The van der Waals surface area contributed by atoms with E-state index in [4.69, 9.17) is 32.7 Å². The molecule has 0 fully saturated rings. The van der Waals surface area contributed by atoms with E-state index in [-0.39, 0.29) is 12.4 Å². The average molecular weight is 470 g/mol. The van der Waals surface area contributed by atoms with Crippen LogP contribution in [0.15, 0.2) is 40.9 Å². The maximum absolute atomic E-state index is 6.20. The molecule has 25 heavy (non-hydrogen) atoms. The van der Waals surface area contributed by atoms with Gasteiger partial charge in [-0.15, -0.1) is 12.4 Å². The fourth-order valence-corrected chi connectivity index (χ4v) is 3.06. The number of benzene rings is 2. The van der Waals surface area contributed by atoms with E-state index in [1.807, 2.05) is 24.3 Å². The van der Waals surface area contributed by atoms with Gasteiger partial charge in [-0.3, -0.25) is 0 Å². The number of halogens is 4. The van der Waals surface area contributed by atoms with Gasteiger partial charge in [-0.2, -0.15) is 0 Å². The Balaban J connectivity index is 0.00000312. The first kappa shape index (κ1) is 22.6. The highest BCUT2D eigenvalue weighted by Crippen LogP contribution is 2.26. The predicted molar refractivity (Wildman–Crippen MR) is 110 cm³/mol. The van der Waals surface area contributed by atoms with Crippen molar-refractivity contribution in [2.45, 2.75) is 19.6 Å². The molecule has 0 heterocycles. The van der Waals surface area contributed by atoms with Crippen LogP contribution < -0.4 is 10.1 Å². The van der Waals surface area contributed by atoms with Crippen molar-refractivity contribution in [2.75, 3.05) is 20.3 Å². The quantitative estimate of drug-likeness (QED) is 0.465. The molecule has 0 saturated carbocycles. The molecule has 2 aromatic rings. The van der Waals surface area contributed by atoms with Crippen LogP contribution in [0.2, 0.25) is 10.0 Å². The third-order valence-electron chi connectivity index (χ3n) is 3.44. The lowest BCUT2D eigenvalue weighted by molar-refractivity contribution is 0.194. The second kappa shape index (κ2) is 12.0. The second-order valence-electron chi connectivity index (χ2n) is 5.30. The van der Waals surface area contributed by atoms with Gasteiger partial charge in [0.2, 0.25) is 0 Å². The second-order valence-corrected chi connectivity index (χ2v) is 7.06. The van der Waals surface area contributed by atoms with Crippen molar-refractivity contribution in [3.8, 4) is 5.75 Å². The molecule has 0 aliphatic heterocycles. The summed E-state index contributed by atoms with van der Waals surface area (Å²) < 4.78 is 12.0. The van der Waals surface area contributed by atoms with E-state index in [0.29, 0.717) is 16.7 Å². The van der Waals surface area contributed by atoms with Crippen molar-refractivity contribution in [3.05, 3.63) is 62.0 Å². The van der Waals surface area contributed by atoms with E-state index in [0.717, 1.165) is 47.5 Å². The first-order chi connectivity index (χ1) is 11.6. The molecule has 2 rings (SSSR count). The van der Waals surface area contributed by atoms with Crippen molar-refractivity contribution in [1.82, 2.24) is 5.32 Å². The molecule has 0 spiro atoms.